The molecule has 0 bridgehead atoms. The fourth-order valence-electron chi connectivity index (χ4n) is 1.65. The van der Waals surface area contributed by atoms with Gasteiger partial charge in [0.1, 0.15) is 4.90 Å². The molecule has 108 valence electrons. The van der Waals surface area contributed by atoms with E-state index in [1.807, 2.05) is 12.3 Å². The van der Waals surface area contributed by atoms with Gasteiger partial charge in [0.25, 0.3) is 0 Å². The summed E-state index contributed by atoms with van der Waals surface area (Å²) in [6.07, 6.45) is 5.51. The monoisotopic (exact) mass is 295 g/mol. The van der Waals surface area contributed by atoms with E-state index in [0.29, 0.717) is 25.2 Å². The quantitative estimate of drug-likeness (QED) is 0.705. The maximum absolute atomic E-state index is 12.0. The Morgan fingerprint density at radius 1 is 1.35 bits per heavy atom. The highest BCUT2D eigenvalue weighted by atomic mass is 32.2. The van der Waals surface area contributed by atoms with Gasteiger partial charge in [-0.15, -0.1) is 0 Å². The zero-order valence-corrected chi connectivity index (χ0v) is 11.8. The van der Waals surface area contributed by atoms with Crippen molar-refractivity contribution in [3.05, 3.63) is 42.5 Å². The van der Waals surface area contributed by atoms with Crippen LogP contribution in [0, 0.1) is 0 Å². The van der Waals surface area contributed by atoms with Crippen molar-refractivity contribution in [3.63, 3.8) is 0 Å². The lowest BCUT2D eigenvalue weighted by Gasteiger charge is -2.07. The van der Waals surface area contributed by atoms with Crippen LogP contribution in [0.5, 0.6) is 0 Å². The Balaban J connectivity index is 1.86. The molecule has 0 radical (unpaired) electrons. The predicted octanol–water partition coefficient (Wildman–Crippen LogP) is 0.105. The lowest BCUT2D eigenvalue weighted by molar-refractivity contribution is 0.552. The van der Waals surface area contributed by atoms with Gasteiger partial charge < -0.3 is 5.73 Å². The summed E-state index contributed by atoms with van der Waals surface area (Å²) in [6, 6.07) is 4.94. The van der Waals surface area contributed by atoms with E-state index in [1.54, 1.807) is 16.9 Å². The molecule has 0 aliphatic rings. The van der Waals surface area contributed by atoms with Gasteiger partial charge in [0.2, 0.25) is 10.0 Å². The number of nitrogens with two attached hydrogens (primary N) is 1. The van der Waals surface area contributed by atoms with Crippen LogP contribution in [0.2, 0.25) is 0 Å². The molecule has 0 spiro atoms. The molecule has 20 heavy (non-hydrogen) atoms. The van der Waals surface area contributed by atoms with Crippen LogP contribution in [0.15, 0.2) is 41.7 Å². The molecule has 2 aromatic rings. The summed E-state index contributed by atoms with van der Waals surface area (Å²) in [6.45, 7) is 1.30. The number of hydrogen-bond acceptors (Lipinski definition) is 5. The van der Waals surface area contributed by atoms with Crippen molar-refractivity contribution in [2.45, 2.75) is 24.4 Å². The number of aryl methyl sites for hydroxylation is 1. The van der Waals surface area contributed by atoms with E-state index in [-0.39, 0.29) is 11.4 Å². The SMILES string of the molecule is NCc1ccc(S(=O)(=O)NCCCn2cccn2)cn1. The van der Waals surface area contributed by atoms with Gasteiger partial charge >= 0.3 is 0 Å². The van der Waals surface area contributed by atoms with Crippen molar-refractivity contribution >= 4 is 10.0 Å². The lowest BCUT2D eigenvalue weighted by Crippen LogP contribution is -2.25. The molecule has 2 heterocycles. The van der Waals surface area contributed by atoms with E-state index in [1.165, 1.54) is 12.3 Å². The van der Waals surface area contributed by atoms with Crippen molar-refractivity contribution < 1.29 is 8.42 Å². The number of hydrogen-bond donors (Lipinski definition) is 2. The average Bonchev–Trinajstić information content (AvgIpc) is 2.97. The Morgan fingerprint density at radius 3 is 2.80 bits per heavy atom. The second kappa shape index (κ2) is 6.60. The maximum atomic E-state index is 12.0. The van der Waals surface area contributed by atoms with Crippen LogP contribution in [0.25, 0.3) is 0 Å². The van der Waals surface area contributed by atoms with Crippen LogP contribution in [0.1, 0.15) is 12.1 Å². The molecule has 0 fully saturated rings. The largest absolute Gasteiger partial charge is 0.325 e. The summed E-state index contributed by atoms with van der Waals surface area (Å²) in [5, 5.41) is 4.05. The van der Waals surface area contributed by atoms with Crippen molar-refractivity contribution in [3.8, 4) is 0 Å². The number of nitrogens with one attached hydrogen (secondary N) is 1. The molecule has 0 aromatic carbocycles. The molecule has 0 aliphatic carbocycles. The van der Waals surface area contributed by atoms with Crippen LogP contribution < -0.4 is 10.5 Å². The first-order valence-electron chi connectivity index (χ1n) is 6.24. The predicted molar refractivity (Wildman–Crippen MR) is 74.2 cm³/mol. The number of sulfonamides is 1. The highest BCUT2D eigenvalue weighted by Crippen LogP contribution is 2.07. The van der Waals surface area contributed by atoms with Crippen LogP contribution in [-0.4, -0.2) is 29.7 Å². The van der Waals surface area contributed by atoms with Gasteiger partial charge in [-0.2, -0.15) is 5.10 Å². The lowest BCUT2D eigenvalue weighted by atomic mass is 10.4. The molecule has 2 rings (SSSR count). The van der Waals surface area contributed by atoms with Crippen molar-refractivity contribution in [2.24, 2.45) is 5.73 Å². The highest BCUT2D eigenvalue weighted by molar-refractivity contribution is 7.89. The third kappa shape index (κ3) is 3.86. The Kier molecular flexibility index (Phi) is 4.83. The molecule has 0 saturated carbocycles. The standard InChI is InChI=1S/C12H17N5O2S/c13-9-11-3-4-12(10-14-11)20(18,19)16-6-2-8-17-7-1-5-15-17/h1,3-5,7,10,16H,2,6,8-9,13H2. The number of rotatable bonds is 7. The maximum Gasteiger partial charge on any atom is 0.242 e. The van der Waals surface area contributed by atoms with E-state index in [4.69, 9.17) is 5.73 Å². The van der Waals surface area contributed by atoms with Crippen LogP contribution >= 0.6 is 0 Å². The minimum absolute atomic E-state index is 0.147. The van der Waals surface area contributed by atoms with Gasteiger partial charge in [-0.3, -0.25) is 9.67 Å². The van der Waals surface area contributed by atoms with E-state index >= 15 is 0 Å². The Hall–Kier alpha value is -1.77. The topological polar surface area (TPSA) is 103 Å². The second-order valence-corrected chi connectivity index (χ2v) is 5.98. The van der Waals surface area contributed by atoms with Gasteiger partial charge in [0, 0.05) is 38.2 Å². The molecule has 3 N–H and O–H groups in total. The average molecular weight is 295 g/mol. The van der Waals surface area contributed by atoms with E-state index in [0.717, 1.165) is 0 Å². The van der Waals surface area contributed by atoms with Crippen LogP contribution in [0.4, 0.5) is 0 Å². The fourth-order valence-corrected chi connectivity index (χ4v) is 2.67. The third-order valence-corrected chi connectivity index (χ3v) is 4.18. The first kappa shape index (κ1) is 14.6. The Labute approximate surface area is 117 Å². The molecule has 0 saturated heterocycles. The summed E-state index contributed by atoms with van der Waals surface area (Å²) < 4.78 is 28.3. The number of pyridine rings is 1. The Morgan fingerprint density at radius 2 is 2.20 bits per heavy atom. The first-order chi connectivity index (χ1) is 9.62. The van der Waals surface area contributed by atoms with Gasteiger partial charge in [0.15, 0.2) is 0 Å². The smallest absolute Gasteiger partial charge is 0.242 e. The minimum atomic E-state index is -3.51. The normalized spacial score (nSPS) is 11.7. The summed E-state index contributed by atoms with van der Waals surface area (Å²) in [4.78, 5) is 4.12. The summed E-state index contributed by atoms with van der Waals surface area (Å²) in [5.74, 6) is 0. The molecule has 7 nitrogen and oxygen atoms in total. The van der Waals surface area contributed by atoms with Crippen molar-refractivity contribution in [1.82, 2.24) is 19.5 Å². The number of aromatic nitrogens is 3. The molecular formula is C12H17N5O2S. The molecule has 8 heteroatoms. The molecule has 0 amide bonds. The van der Waals surface area contributed by atoms with Crippen LogP contribution in [-0.2, 0) is 23.1 Å². The number of nitrogens with zero attached hydrogens (tertiary/aromatic N) is 3. The van der Waals surface area contributed by atoms with E-state index in [2.05, 4.69) is 14.8 Å². The first-order valence-corrected chi connectivity index (χ1v) is 7.72. The van der Waals surface area contributed by atoms with Gasteiger partial charge in [-0.05, 0) is 24.6 Å². The molecule has 0 atom stereocenters. The summed E-state index contributed by atoms with van der Waals surface area (Å²) >= 11 is 0. The molecule has 2 aromatic heterocycles. The molecule has 0 unspecified atom stereocenters. The highest BCUT2D eigenvalue weighted by Gasteiger charge is 2.13. The summed E-state index contributed by atoms with van der Waals surface area (Å²) in [5.41, 5.74) is 6.07. The van der Waals surface area contributed by atoms with Gasteiger partial charge in [-0.25, -0.2) is 13.1 Å². The summed E-state index contributed by atoms with van der Waals surface area (Å²) in [7, 11) is -3.51. The van der Waals surface area contributed by atoms with E-state index in [9.17, 15) is 8.42 Å². The fraction of sp³-hybridized carbons (Fsp3) is 0.333. The van der Waals surface area contributed by atoms with E-state index < -0.39 is 10.0 Å². The zero-order chi connectivity index (χ0) is 14.4. The zero-order valence-electron chi connectivity index (χ0n) is 10.9. The second-order valence-electron chi connectivity index (χ2n) is 4.21. The van der Waals surface area contributed by atoms with Crippen LogP contribution in [0.3, 0.4) is 0 Å². The molecule has 0 aliphatic heterocycles. The minimum Gasteiger partial charge on any atom is -0.325 e. The third-order valence-electron chi connectivity index (χ3n) is 2.73. The van der Waals surface area contributed by atoms with Gasteiger partial charge in [0.05, 0.1) is 5.69 Å². The Bertz CT molecular complexity index is 622. The van der Waals surface area contributed by atoms with Gasteiger partial charge in [-0.1, -0.05) is 0 Å². The van der Waals surface area contributed by atoms with Crippen molar-refractivity contribution in [2.75, 3.05) is 6.54 Å². The molecular weight excluding hydrogens is 278 g/mol. The van der Waals surface area contributed by atoms with Crippen molar-refractivity contribution in [1.29, 1.82) is 0 Å².